The zero-order chi connectivity index (χ0) is 14.8. The highest BCUT2D eigenvalue weighted by atomic mass is 19.4. The molecule has 0 unspecified atom stereocenters. The van der Waals surface area contributed by atoms with Gasteiger partial charge in [-0.25, -0.2) is 4.39 Å². The van der Waals surface area contributed by atoms with Gasteiger partial charge in [-0.1, -0.05) is 25.7 Å². The molecule has 0 atom stereocenters. The minimum Gasteiger partial charge on any atom is -0.294 e. The summed E-state index contributed by atoms with van der Waals surface area (Å²) in [6.45, 7) is 0. The second-order valence-electron chi connectivity index (χ2n) is 5.30. The van der Waals surface area contributed by atoms with Crippen molar-refractivity contribution in [1.29, 1.82) is 0 Å². The molecule has 1 aliphatic carbocycles. The van der Waals surface area contributed by atoms with Crippen LogP contribution in [-0.4, -0.2) is 5.78 Å². The molecule has 1 nitrogen and oxygen atoms in total. The van der Waals surface area contributed by atoms with Crippen molar-refractivity contribution in [3.63, 3.8) is 0 Å². The van der Waals surface area contributed by atoms with Crippen molar-refractivity contribution in [2.75, 3.05) is 0 Å². The van der Waals surface area contributed by atoms with E-state index in [0.717, 1.165) is 37.8 Å². The molecule has 1 aliphatic rings. The van der Waals surface area contributed by atoms with Gasteiger partial charge < -0.3 is 0 Å². The van der Waals surface area contributed by atoms with Crippen LogP contribution in [0.4, 0.5) is 17.6 Å². The Bertz CT molecular complexity index is 487. The van der Waals surface area contributed by atoms with Gasteiger partial charge in [0.05, 0.1) is 5.56 Å². The highest BCUT2D eigenvalue weighted by Crippen LogP contribution is 2.34. The number of carbonyl (C=O) groups excluding carboxylic acids is 1. The zero-order valence-corrected chi connectivity index (χ0v) is 11.0. The van der Waals surface area contributed by atoms with E-state index in [1.165, 1.54) is 0 Å². The van der Waals surface area contributed by atoms with E-state index in [0.29, 0.717) is 18.4 Å². The van der Waals surface area contributed by atoms with E-state index < -0.39 is 28.9 Å². The molecule has 1 aromatic rings. The zero-order valence-electron chi connectivity index (χ0n) is 11.0. The summed E-state index contributed by atoms with van der Waals surface area (Å²) in [7, 11) is 0. The molecule has 0 spiro atoms. The van der Waals surface area contributed by atoms with Gasteiger partial charge >= 0.3 is 6.18 Å². The largest absolute Gasteiger partial charge is 0.417 e. The molecule has 0 amide bonds. The Morgan fingerprint density at radius 3 is 2.45 bits per heavy atom. The first-order valence-corrected chi connectivity index (χ1v) is 6.78. The summed E-state index contributed by atoms with van der Waals surface area (Å²) >= 11 is 0. The first-order valence-electron chi connectivity index (χ1n) is 6.78. The van der Waals surface area contributed by atoms with Crippen LogP contribution in [-0.2, 0) is 6.18 Å². The number of carbonyl (C=O) groups is 1. The molecular formula is C15H16F4O. The van der Waals surface area contributed by atoms with Crippen LogP contribution in [0.5, 0.6) is 0 Å². The fourth-order valence-corrected chi connectivity index (χ4v) is 2.76. The van der Waals surface area contributed by atoms with Crippen molar-refractivity contribution in [3.05, 3.63) is 35.1 Å². The Balaban J connectivity index is 2.12. The number of Topliss-reactive ketones (excluding diaryl/α,β-unsaturated/α-hetero) is 1. The number of benzene rings is 1. The van der Waals surface area contributed by atoms with Gasteiger partial charge in [0.25, 0.3) is 0 Å². The molecule has 0 bridgehead atoms. The highest BCUT2D eigenvalue weighted by molar-refractivity contribution is 5.97. The minimum absolute atomic E-state index is 0.0966. The average molecular weight is 288 g/mol. The van der Waals surface area contributed by atoms with Gasteiger partial charge in [0.2, 0.25) is 0 Å². The van der Waals surface area contributed by atoms with E-state index in [-0.39, 0.29) is 6.42 Å². The van der Waals surface area contributed by atoms with Gasteiger partial charge in [0.15, 0.2) is 5.78 Å². The normalized spacial score (nSPS) is 16.6. The summed E-state index contributed by atoms with van der Waals surface area (Å²) in [6.07, 6.45) is 0.353. The molecule has 0 saturated heterocycles. The van der Waals surface area contributed by atoms with Crippen LogP contribution in [0, 0.1) is 11.7 Å². The molecule has 110 valence electrons. The Morgan fingerprint density at radius 2 is 1.85 bits per heavy atom. The molecule has 0 N–H and O–H groups in total. The number of ketones is 1. The molecule has 0 radical (unpaired) electrons. The maximum absolute atomic E-state index is 13.0. The lowest BCUT2D eigenvalue weighted by Crippen LogP contribution is -2.14. The van der Waals surface area contributed by atoms with Crippen LogP contribution in [0.2, 0.25) is 0 Å². The first kappa shape index (κ1) is 15.0. The predicted octanol–water partition coefficient (Wildman–Crippen LogP) is 5.00. The maximum atomic E-state index is 13.0. The van der Waals surface area contributed by atoms with Crippen molar-refractivity contribution >= 4 is 5.78 Å². The van der Waals surface area contributed by atoms with Gasteiger partial charge in [-0.15, -0.1) is 0 Å². The lowest BCUT2D eigenvalue weighted by Gasteiger charge is -2.13. The summed E-state index contributed by atoms with van der Waals surface area (Å²) in [4.78, 5) is 12.0. The van der Waals surface area contributed by atoms with Gasteiger partial charge in [0.1, 0.15) is 5.82 Å². The molecule has 1 fully saturated rings. The lowest BCUT2D eigenvalue weighted by molar-refractivity contribution is -0.138. The van der Waals surface area contributed by atoms with Gasteiger partial charge in [-0.2, -0.15) is 13.2 Å². The van der Waals surface area contributed by atoms with E-state index in [2.05, 4.69) is 0 Å². The Labute approximate surface area is 115 Å². The number of alkyl halides is 3. The molecule has 1 aromatic carbocycles. The summed E-state index contributed by atoms with van der Waals surface area (Å²) in [5, 5.41) is 0. The third-order valence-corrected chi connectivity index (χ3v) is 3.84. The van der Waals surface area contributed by atoms with Crippen molar-refractivity contribution in [2.24, 2.45) is 5.92 Å². The summed E-state index contributed by atoms with van der Waals surface area (Å²) in [5.41, 5.74) is -1.59. The predicted molar refractivity (Wildman–Crippen MR) is 66.9 cm³/mol. The highest BCUT2D eigenvalue weighted by Gasteiger charge is 2.35. The fraction of sp³-hybridized carbons (Fsp3) is 0.533. The van der Waals surface area contributed by atoms with E-state index in [1.807, 2.05) is 0 Å². The van der Waals surface area contributed by atoms with E-state index in [9.17, 15) is 22.4 Å². The van der Waals surface area contributed by atoms with Gasteiger partial charge in [-0.3, -0.25) is 4.79 Å². The standard InChI is InChI=1S/C15H16F4O/c16-11-6-7-12(13(9-11)15(17,18)19)14(20)8-5-10-3-1-2-4-10/h6-7,9-10H,1-5,8H2. The summed E-state index contributed by atoms with van der Waals surface area (Å²) < 4.78 is 51.4. The molecule has 0 aliphatic heterocycles. The van der Waals surface area contributed by atoms with Crippen LogP contribution in [0.15, 0.2) is 18.2 Å². The fourth-order valence-electron chi connectivity index (χ4n) is 2.76. The third kappa shape index (κ3) is 3.58. The molecular weight excluding hydrogens is 272 g/mol. The monoisotopic (exact) mass is 288 g/mol. The Kier molecular flexibility index (Phi) is 4.45. The lowest BCUT2D eigenvalue weighted by atomic mass is 9.95. The van der Waals surface area contributed by atoms with Crippen LogP contribution >= 0.6 is 0 Å². The van der Waals surface area contributed by atoms with E-state index >= 15 is 0 Å². The van der Waals surface area contributed by atoms with E-state index in [4.69, 9.17) is 0 Å². The smallest absolute Gasteiger partial charge is 0.294 e. The maximum Gasteiger partial charge on any atom is 0.417 e. The Morgan fingerprint density at radius 1 is 1.20 bits per heavy atom. The second-order valence-corrected chi connectivity index (χ2v) is 5.30. The number of hydrogen-bond donors (Lipinski definition) is 0. The molecule has 5 heteroatoms. The summed E-state index contributed by atoms with van der Waals surface area (Å²) in [6, 6.07) is 2.23. The number of rotatable bonds is 4. The van der Waals surface area contributed by atoms with Crippen molar-refractivity contribution in [2.45, 2.75) is 44.7 Å². The average Bonchev–Trinajstić information content (AvgIpc) is 2.88. The number of hydrogen-bond acceptors (Lipinski definition) is 1. The molecule has 20 heavy (non-hydrogen) atoms. The van der Waals surface area contributed by atoms with Gasteiger partial charge in [0, 0.05) is 12.0 Å². The molecule has 0 heterocycles. The van der Waals surface area contributed by atoms with Crippen LogP contribution < -0.4 is 0 Å². The molecule has 1 saturated carbocycles. The van der Waals surface area contributed by atoms with Crippen LogP contribution in [0.25, 0.3) is 0 Å². The van der Waals surface area contributed by atoms with Crippen molar-refractivity contribution in [1.82, 2.24) is 0 Å². The SMILES string of the molecule is O=C(CCC1CCCC1)c1ccc(F)cc1C(F)(F)F. The van der Waals surface area contributed by atoms with Crippen molar-refractivity contribution < 1.29 is 22.4 Å². The first-order chi connectivity index (χ1) is 9.38. The third-order valence-electron chi connectivity index (χ3n) is 3.84. The van der Waals surface area contributed by atoms with Gasteiger partial charge in [-0.05, 0) is 30.5 Å². The summed E-state index contributed by atoms with van der Waals surface area (Å²) in [5.74, 6) is -1.09. The van der Waals surface area contributed by atoms with Crippen molar-refractivity contribution in [3.8, 4) is 0 Å². The number of halogens is 4. The topological polar surface area (TPSA) is 17.1 Å². The molecule has 0 aromatic heterocycles. The quantitative estimate of drug-likeness (QED) is 0.563. The van der Waals surface area contributed by atoms with Crippen LogP contribution in [0.3, 0.4) is 0 Å². The minimum atomic E-state index is -4.71. The second kappa shape index (κ2) is 5.94. The Hall–Kier alpha value is -1.39. The van der Waals surface area contributed by atoms with E-state index in [1.54, 1.807) is 0 Å². The van der Waals surface area contributed by atoms with Crippen LogP contribution in [0.1, 0.15) is 54.4 Å². The molecule has 2 rings (SSSR count).